The van der Waals surface area contributed by atoms with Crippen molar-refractivity contribution in [2.45, 2.75) is 233 Å². The fourth-order valence-corrected chi connectivity index (χ4v) is 5.25. The van der Waals surface area contributed by atoms with Crippen LogP contribution in [-0.4, -0.2) is 58.7 Å². The van der Waals surface area contributed by atoms with Crippen LogP contribution in [0, 0.1) is 12.8 Å². The number of carboxylic acids is 3. The third kappa shape index (κ3) is 67.7. The number of hydrogen-bond acceptors (Lipinski definition) is 5. The number of nitrogens with one attached hydrogen (secondary N) is 1. The van der Waals surface area contributed by atoms with Crippen LogP contribution in [0.3, 0.4) is 0 Å². The number of quaternary nitrogens is 1. The first kappa shape index (κ1) is 59.4. The summed E-state index contributed by atoms with van der Waals surface area (Å²) in [7, 11) is 0. The molecule has 8 nitrogen and oxygen atoms in total. The molecule has 302 valence electrons. The predicted molar refractivity (Wildman–Crippen MR) is 214 cm³/mol. The molecule has 0 unspecified atom stereocenters. The van der Waals surface area contributed by atoms with Crippen molar-refractivity contribution >= 4 is 41.0 Å². The van der Waals surface area contributed by atoms with Crippen molar-refractivity contribution < 1.29 is 35.4 Å². The molecule has 0 radical (unpaired) electrons. The van der Waals surface area contributed by atoms with Crippen molar-refractivity contribution in [3.05, 3.63) is 12.7 Å². The second kappa shape index (κ2) is 53.4. The Morgan fingerprint density at radius 3 is 1.02 bits per heavy atom. The van der Waals surface area contributed by atoms with Crippen LogP contribution in [0.15, 0.2) is 0 Å². The Hall–Kier alpha value is -0.904. The molecule has 5 N–H and O–H groups in total. The van der Waals surface area contributed by atoms with E-state index in [1.54, 1.807) is 0 Å². The molecule has 0 aliphatic carbocycles. The summed E-state index contributed by atoms with van der Waals surface area (Å²) in [6.07, 6.45) is 39.9. The molecule has 0 fully saturated rings. The largest absolute Gasteiger partial charge is 2.00 e. The molecule has 0 aliphatic rings. The molecule has 0 rings (SSSR count). The van der Waals surface area contributed by atoms with Crippen molar-refractivity contribution in [3.8, 4) is 0 Å². The van der Waals surface area contributed by atoms with Crippen LogP contribution in [0.25, 0.3) is 5.73 Å². The van der Waals surface area contributed by atoms with E-state index < -0.39 is 29.9 Å². The van der Waals surface area contributed by atoms with Crippen LogP contribution >= 0.6 is 0 Å². The van der Waals surface area contributed by atoms with Gasteiger partial charge in [-0.2, -0.15) is 0 Å². The first-order valence-corrected chi connectivity index (χ1v) is 21.0. The maximum Gasteiger partial charge on any atom is 2.00 e. The van der Waals surface area contributed by atoms with Gasteiger partial charge in [0.05, 0.1) is 6.54 Å². The zero-order valence-electron chi connectivity index (χ0n) is 34.4. The van der Waals surface area contributed by atoms with Gasteiger partial charge in [0.25, 0.3) is 5.97 Å². The Labute approximate surface area is 333 Å². The standard InChI is InChI=1S/C16H32O2.C16H34.C7H14NO2.C3H6NO2.Mg/c1-2-3-4-5-6-7-8-9-10-11-12-13-14-15-16(17)18;1-3-5-7-9-11-13-15-16-14-12-10-8-6-4-2;1-6(7(9)10)4-2-3-5-8;1-2(4)3(5)6;/h2-15H2,1H3,(H,17,18);3-16H2,1-2H3;6H,1-5,8H2,(H,9,10);2,4H,1H3,(H,5,6);/q;;2*-1;+2/p-1/t;;6-;2-;/m..00./s1. The summed E-state index contributed by atoms with van der Waals surface area (Å²) >= 11 is 0. The summed E-state index contributed by atoms with van der Waals surface area (Å²) in [5.41, 5.74) is 10.0. The van der Waals surface area contributed by atoms with E-state index in [9.17, 15) is 24.6 Å². The molecule has 0 saturated carbocycles. The predicted octanol–water partition coefficient (Wildman–Crippen LogP) is 9.43. The molecule has 9 heteroatoms. The van der Waals surface area contributed by atoms with Gasteiger partial charge in [-0.3, -0.25) is 4.79 Å². The van der Waals surface area contributed by atoms with Gasteiger partial charge in [-0.1, -0.05) is 207 Å². The smallest absolute Gasteiger partial charge is 0.670 e. The molecule has 0 bridgehead atoms. The molecule has 2 atom stereocenters. The van der Waals surface area contributed by atoms with Gasteiger partial charge >= 0.3 is 23.1 Å². The Balaban J connectivity index is -0.000000195. The van der Waals surface area contributed by atoms with E-state index in [0.717, 1.165) is 32.2 Å². The Kier molecular flexibility index (Phi) is 62.2. The Morgan fingerprint density at radius 1 is 0.569 bits per heavy atom. The van der Waals surface area contributed by atoms with Gasteiger partial charge in [0.1, 0.15) is 0 Å². The maximum absolute atomic E-state index is 10.2. The molecular weight excluding hydrogens is 653 g/mol. The second-order valence-electron chi connectivity index (χ2n) is 14.0. The summed E-state index contributed by atoms with van der Waals surface area (Å²) in [4.78, 5) is 29.8. The van der Waals surface area contributed by atoms with Crippen molar-refractivity contribution in [1.82, 2.24) is 0 Å². The van der Waals surface area contributed by atoms with E-state index >= 15 is 0 Å². The minimum absolute atomic E-state index is 0. The van der Waals surface area contributed by atoms with E-state index in [1.165, 1.54) is 167 Å². The number of carboxylic acid groups (broad SMARTS) is 3. The molecule has 0 spiro atoms. The summed E-state index contributed by atoms with van der Waals surface area (Å²) in [6, 6.07) is -1.09. The van der Waals surface area contributed by atoms with Crippen LogP contribution < -0.4 is 15.9 Å². The molecule has 0 heterocycles. The van der Waals surface area contributed by atoms with Crippen LogP contribution in [0.5, 0.6) is 0 Å². The van der Waals surface area contributed by atoms with Gasteiger partial charge in [-0.05, 0) is 25.7 Å². The van der Waals surface area contributed by atoms with Gasteiger partial charge < -0.3 is 43.3 Å². The minimum atomic E-state index is -1.32. The third-order valence-electron chi connectivity index (χ3n) is 8.70. The van der Waals surface area contributed by atoms with Crippen molar-refractivity contribution in [2.24, 2.45) is 5.92 Å². The van der Waals surface area contributed by atoms with Gasteiger partial charge in [-0.25, -0.2) is 0 Å². The topological polar surface area (TPSA) is 169 Å². The molecule has 0 aliphatic heterocycles. The number of hydrogen-bond donors (Lipinski definition) is 2. The average Bonchev–Trinajstić information content (AvgIpc) is 3.08. The Bertz CT molecular complexity index is 668. The van der Waals surface area contributed by atoms with Crippen molar-refractivity contribution in [3.63, 3.8) is 0 Å². The molecule has 0 aromatic carbocycles. The first-order valence-electron chi connectivity index (χ1n) is 21.0. The van der Waals surface area contributed by atoms with E-state index in [0.29, 0.717) is 6.42 Å². The number of unbranched alkanes of at least 4 members (excludes halogenated alkanes) is 26. The number of rotatable bonds is 33. The zero-order valence-corrected chi connectivity index (χ0v) is 35.8. The molecule has 0 saturated heterocycles. The third-order valence-corrected chi connectivity index (χ3v) is 8.70. The Morgan fingerprint density at radius 2 is 0.824 bits per heavy atom. The van der Waals surface area contributed by atoms with E-state index in [1.807, 2.05) is 0 Å². The monoisotopic (exact) mass is 738 g/mol. The van der Waals surface area contributed by atoms with Crippen LogP contribution in [-0.2, 0) is 14.4 Å². The molecule has 0 aromatic rings. The molecular formula is C42H85MgN2O6-. The van der Waals surface area contributed by atoms with Crippen molar-refractivity contribution in [1.29, 1.82) is 0 Å². The van der Waals surface area contributed by atoms with E-state index in [2.05, 4.69) is 33.4 Å². The van der Waals surface area contributed by atoms with Gasteiger partial charge in [0.15, 0.2) is 0 Å². The number of aliphatic carboxylic acids is 3. The van der Waals surface area contributed by atoms with Crippen LogP contribution in [0.2, 0.25) is 0 Å². The van der Waals surface area contributed by atoms with Gasteiger partial charge in [0.2, 0.25) is 0 Å². The number of carbonyl (C=O) groups is 3. The fourth-order valence-electron chi connectivity index (χ4n) is 5.25. The average molecular weight is 738 g/mol. The van der Waals surface area contributed by atoms with E-state index in [4.69, 9.17) is 10.8 Å². The van der Waals surface area contributed by atoms with Gasteiger partial charge in [-0.15, -0.1) is 6.04 Å². The maximum atomic E-state index is 10.2. The SMILES string of the molecule is CCCCCCCCCCCCCCCC.CCCCCCCCCCCCCCCC(=O)[O-].C[C@H]([NH-])C(=O)[O-].[CH2-][C@@H](CCCC[NH3+])C(=O)O.[Mg+2]. The van der Waals surface area contributed by atoms with Crippen molar-refractivity contribution in [2.75, 3.05) is 6.54 Å². The second-order valence-corrected chi connectivity index (χ2v) is 14.0. The van der Waals surface area contributed by atoms with Gasteiger partial charge in [0, 0.05) is 11.9 Å². The normalized spacial score (nSPS) is 11.4. The fraction of sp³-hybridized carbons (Fsp3) is 0.905. The first-order chi connectivity index (χ1) is 24.0. The van der Waals surface area contributed by atoms with Crippen LogP contribution in [0.4, 0.5) is 0 Å². The quantitative estimate of drug-likeness (QED) is 0.0386. The summed E-state index contributed by atoms with van der Waals surface area (Å²) < 4.78 is 0. The molecule has 0 amide bonds. The summed E-state index contributed by atoms with van der Waals surface area (Å²) in [5.74, 6) is -3.47. The van der Waals surface area contributed by atoms with E-state index in [-0.39, 0.29) is 29.5 Å². The number of carbonyl (C=O) groups excluding carboxylic acids is 2. The van der Waals surface area contributed by atoms with Crippen LogP contribution in [0.1, 0.15) is 227 Å². The zero-order chi connectivity index (χ0) is 38.5. The minimum Gasteiger partial charge on any atom is -0.670 e. The summed E-state index contributed by atoms with van der Waals surface area (Å²) in [5, 5.41) is 28.0. The molecule has 0 aromatic heterocycles. The summed E-state index contributed by atoms with van der Waals surface area (Å²) in [6.45, 7) is 12.5. The molecule has 51 heavy (non-hydrogen) atoms.